The minimum Gasteiger partial charge on any atom is -0.481 e. The zero-order valence-electron chi connectivity index (χ0n) is 5.67. The second-order valence-electron chi connectivity index (χ2n) is 1.64. The normalized spacial score (nSPS) is 8.10. The SMILES string of the molecule is NCC(=O)CCC(=O)O.[Zn]. The number of carbonyl (C=O) groups excluding carboxylic acids is 1. The van der Waals surface area contributed by atoms with Gasteiger partial charge in [0.1, 0.15) is 5.78 Å². The van der Waals surface area contributed by atoms with Crippen LogP contribution in [0.3, 0.4) is 0 Å². The molecule has 0 heterocycles. The zero-order chi connectivity index (χ0) is 7.28. The summed E-state index contributed by atoms with van der Waals surface area (Å²) in [5.74, 6) is -1.17. The smallest absolute Gasteiger partial charge is 0.303 e. The average Bonchev–Trinajstić information content (AvgIpc) is 1.83. The molecule has 0 aliphatic rings. The molecule has 0 aliphatic carbocycles. The van der Waals surface area contributed by atoms with Crippen LogP contribution in [-0.4, -0.2) is 23.4 Å². The number of hydrogen-bond acceptors (Lipinski definition) is 3. The predicted octanol–water partition coefficient (Wildman–Crippen LogP) is -0.624. The Labute approximate surface area is 71.5 Å². The Balaban J connectivity index is 0. The summed E-state index contributed by atoms with van der Waals surface area (Å²) in [7, 11) is 0. The third-order valence-corrected chi connectivity index (χ3v) is 0.845. The first-order chi connectivity index (χ1) is 4.16. The largest absolute Gasteiger partial charge is 0.481 e. The Morgan fingerprint density at radius 2 is 1.80 bits per heavy atom. The van der Waals surface area contributed by atoms with Gasteiger partial charge in [-0.3, -0.25) is 9.59 Å². The van der Waals surface area contributed by atoms with Crippen molar-refractivity contribution < 1.29 is 34.2 Å². The van der Waals surface area contributed by atoms with Crippen LogP contribution in [0, 0.1) is 0 Å². The molecule has 0 saturated heterocycles. The molecule has 4 nitrogen and oxygen atoms in total. The molecule has 0 saturated carbocycles. The maximum absolute atomic E-state index is 10.3. The van der Waals surface area contributed by atoms with Crippen molar-refractivity contribution in [3.05, 3.63) is 0 Å². The molecule has 0 aliphatic heterocycles. The number of carboxylic acids is 1. The Morgan fingerprint density at radius 3 is 2.10 bits per heavy atom. The van der Waals surface area contributed by atoms with Crippen molar-refractivity contribution in [3.63, 3.8) is 0 Å². The van der Waals surface area contributed by atoms with Gasteiger partial charge in [0, 0.05) is 25.9 Å². The van der Waals surface area contributed by atoms with Crippen molar-refractivity contribution in [2.75, 3.05) is 6.54 Å². The number of carboxylic acid groups (broad SMARTS) is 1. The third-order valence-electron chi connectivity index (χ3n) is 0.845. The molecule has 10 heavy (non-hydrogen) atoms. The van der Waals surface area contributed by atoms with E-state index in [1.54, 1.807) is 0 Å². The van der Waals surface area contributed by atoms with Crippen molar-refractivity contribution in [3.8, 4) is 0 Å². The van der Waals surface area contributed by atoms with E-state index in [9.17, 15) is 9.59 Å². The van der Waals surface area contributed by atoms with Gasteiger partial charge in [-0.15, -0.1) is 0 Å². The van der Waals surface area contributed by atoms with Crippen molar-refractivity contribution in [2.24, 2.45) is 5.73 Å². The molecule has 5 heteroatoms. The summed E-state index contributed by atoms with van der Waals surface area (Å²) in [5.41, 5.74) is 4.92. The topological polar surface area (TPSA) is 80.4 Å². The van der Waals surface area contributed by atoms with Gasteiger partial charge in [0.25, 0.3) is 0 Å². The van der Waals surface area contributed by atoms with Gasteiger partial charge in [-0.1, -0.05) is 0 Å². The van der Waals surface area contributed by atoms with E-state index < -0.39 is 5.97 Å². The number of carbonyl (C=O) groups is 2. The van der Waals surface area contributed by atoms with Crippen LogP contribution in [0.15, 0.2) is 0 Å². The number of Topliss-reactive ketones (excluding diaryl/α,β-unsaturated/α-hetero) is 1. The number of hydrogen-bond donors (Lipinski definition) is 2. The molecule has 0 aromatic rings. The van der Waals surface area contributed by atoms with Crippen molar-refractivity contribution in [2.45, 2.75) is 12.8 Å². The number of rotatable bonds is 4. The van der Waals surface area contributed by atoms with Gasteiger partial charge < -0.3 is 10.8 Å². The van der Waals surface area contributed by atoms with Crippen LogP contribution in [0.1, 0.15) is 12.8 Å². The van der Waals surface area contributed by atoms with E-state index in [-0.39, 0.29) is 44.6 Å². The van der Waals surface area contributed by atoms with Gasteiger partial charge in [0.2, 0.25) is 0 Å². The van der Waals surface area contributed by atoms with Crippen LogP contribution in [0.5, 0.6) is 0 Å². The first-order valence-corrected chi connectivity index (χ1v) is 2.60. The minimum absolute atomic E-state index is 0. The van der Waals surface area contributed by atoms with Gasteiger partial charge in [-0.2, -0.15) is 0 Å². The summed E-state index contributed by atoms with van der Waals surface area (Å²) in [6, 6.07) is 0. The first kappa shape index (κ1) is 12.4. The molecule has 0 aromatic heterocycles. The minimum atomic E-state index is -0.961. The Bertz CT molecular complexity index is 126. The first-order valence-electron chi connectivity index (χ1n) is 2.60. The molecule has 0 atom stereocenters. The van der Waals surface area contributed by atoms with E-state index >= 15 is 0 Å². The van der Waals surface area contributed by atoms with Crippen LogP contribution in [0.25, 0.3) is 0 Å². The summed E-state index contributed by atoms with van der Waals surface area (Å²) in [5, 5.41) is 8.06. The molecular weight excluding hydrogens is 187 g/mol. The summed E-state index contributed by atoms with van der Waals surface area (Å²) in [6.07, 6.45) is -0.0676. The van der Waals surface area contributed by atoms with E-state index in [0.717, 1.165) is 0 Å². The quantitative estimate of drug-likeness (QED) is 0.587. The van der Waals surface area contributed by atoms with Crippen LogP contribution in [0.2, 0.25) is 0 Å². The fourth-order valence-electron chi connectivity index (χ4n) is 0.348. The molecule has 0 rings (SSSR count). The van der Waals surface area contributed by atoms with E-state index in [4.69, 9.17) is 10.8 Å². The standard InChI is InChI=1S/C5H9NO3.Zn/c6-3-4(7)1-2-5(8)9;/h1-3,6H2,(H,8,9);. The Morgan fingerprint density at radius 1 is 1.30 bits per heavy atom. The summed E-state index contributed by atoms with van der Waals surface area (Å²) in [6.45, 7) is -0.0622. The molecule has 0 fully saturated rings. The van der Waals surface area contributed by atoms with Crippen LogP contribution >= 0.6 is 0 Å². The number of ketones is 1. The van der Waals surface area contributed by atoms with Crippen LogP contribution in [0.4, 0.5) is 0 Å². The van der Waals surface area contributed by atoms with Crippen LogP contribution < -0.4 is 5.73 Å². The third kappa shape index (κ3) is 7.72. The maximum atomic E-state index is 10.3. The average molecular weight is 197 g/mol. The predicted molar refractivity (Wildman–Crippen MR) is 30.9 cm³/mol. The van der Waals surface area contributed by atoms with Gasteiger partial charge >= 0.3 is 5.97 Å². The van der Waals surface area contributed by atoms with Crippen molar-refractivity contribution in [1.82, 2.24) is 0 Å². The molecule has 0 aromatic carbocycles. The molecule has 0 unspecified atom stereocenters. The van der Waals surface area contributed by atoms with E-state index in [2.05, 4.69) is 0 Å². The summed E-state index contributed by atoms with van der Waals surface area (Å²) >= 11 is 0. The Hall–Kier alpha value is -0.277. The fraction of sp³-hybridized carbons (Fsp3) is 0.600. The Kier molecular flexibility index (Phi) is 8.48. The number of nitrogens with two attached hydrogens (primary N) is 1. The monoisotopic (exact) mass is 195 g/mol. The molecule has 0 spiro atoms. The number of aliphatic carboxylic acids is 1. The van der Waals surface area contributed by atoms with Gasteiger partial charge in [-0.25, -0.2) is 0 Å². The fourth-order valence-corrected chi connectivity index (χ4v) is 0.348. The molecular formula is C5H9NO3Zn. The van der Waals surface area contributed by atoms with Gasteiger partial charge in [-0.05, 0) is 0 Å². The van der Waals surface area contributed by atoms with E-state index in [1.807, 2.05) is 0 Å². The van der Waals surface area contributed by atoms with Crippen molar-refractivity contribution in [1.29, 1.82) is 0 Å². The van der Waals surface area contributed by atoms with E-state index in [1.165, 1.54) is 0 Å². The molecule has 0 amide bonds. The second kappa shape index (κ2) is 6.84. The molecule has 3 N–H and O–H groups in total. The molecule has 54 valence electrons. The van der Waals surface area contributed by atoms with Crippen LogP contribution in [-0.2, 0) is 29.1 Å². The summed E-state index contributed by atoms with van der Waals surface area (Å²) < 4.78 is 0. The summed E-state index contributed by atoms with van der Waals surface area (Å²) in [4.78, 5) is 20.2. The molecule has 0 radical (unpaired) electrons. The van der Waals surface area contributed by atoms with Gasteiger partial charge in [0.15, 0.2) is 0 Å². The molecule has 0 bridgehead atoms. The second-order valence-corrected chi connectivity index (χ2v) is 1.64. The van der Waals surface area contributed by atoms with Gasteiger partial charge in [0.05, 0.1) is 13.0 Å². The maximum Gasteiger partial charge on any atom is 0.303 e. The van der Waals surface area contributed by atoms with E-state index in [0.29, 0.717) is 0 Å². The zero-order valence-corrected chi connectivity index (χ0v) is 8.64. The van der Waals surface area contributed by atoms with Crippen molar-refractivity contribution >= 4 is 11.8 Å².